The molecule has 0 bridgehead atoms. The minimum Gasteiger partial charge on any atom is -0.365 e. The summed E-state index contributed by atoms with van der Waals surface area (Å²) < 4.78 is 16.7. The van der Waals surface area contributed by atoms with Gasteiger partial charge in [-0.15, -0.1) is 0 Å². The first-order valence-corrected chi connectivity index (χ1v) is 11.8. The summed E-state index contributed by atoms with van der Waals surface area (Å²) in [5, 5.41) is 11.7. The zero-order valence-electron chi connectivity index (χ0n) is 19.2. The fourth-order valence-corrected chi connectivity index (χ4v) is 4.57. The molecule has 180 valence electrons. The topological polar surface area (TPSA) is 124 Å². The van der Waals surface area contributed by atoms with Crippen molar-refractivity contribution < 1.29 is 9.18 Å². The van der Waals surface area contributed by atoms with E-state index in [2.05, 4.69) is 32.8 Å². The normalized spacial score (nSPS) is 17.9. The van der Waals surface area contributed by atoms with E-state index in [4.69, 9.17) is 11.5 Å². The molecule has 9 heteroatoms. The summed E-state index contributed by atoms with van der Waals surface area (Å²) >= 11 is 0. The number of rotatable bonds is 7. The van der Waals surface area contributed by atoms with Gasteiger partial charge in [0, 0.05) is 23.2 Å². The monoisotopic (exact) mass is 473 g/mol. The van der Waals surface area contributed by atoms with Crippen molar-refractivity contribution in [2.75, 3.05) is 10.6 Å². The minimum absolute atomic E-state index is 0.0270. The van der Waals surface area contributed by atoms with Crippen molar-refractivity contribution in [1.29, 1.82) is 0 Å². The summed E-state index contributed by atoms with van der Waals surface area (Å²) in [6, 6.07) is 16.8. The Labute approximate surface area is 202 Å². The molecule has 1 fully saturated rings. The Morgan fingerprint density at radius 3 is 2.66 bits per heavy atom. The molecule has 4 aromatic rings. The van der Waals surface area contributed by atoms with Crippen LogP contribution in [0.4, 0.5) is 21.7 Å². The van der Waals surface area contributed by atoms with Crippen molar-refractivity contribution in [3.8, 4) is 0 Å². The molecule has 0 saturated heterocycles. The van der Waals surface area contributed by atoms with E-state index in [9.17, 15) is 9.18 Å². The molecule has 1 aliphatic carbocycles. The highest BCUT2D eigenvalue weighted by molar-refractivity contribution is 5.99. The van der Waals surface area contributed by atoms with Crippen LogP contribution >= 0.6 is 0 Å². The molecule has 1 aliphatic rings. The molecule has 1 saturated carbocycles. The third-order valence-electron chi connectivity index (χ3n) is 6.46. The molecule has 8 nitrogen and oxygen atoms in total. The van der Waals surface area contributed by atoms with Gasteiger partial charge in [0.1, 0.15) is 5.82 Å². The van der Waals surface area contributed by atoms with Crippen LogP contribution in [0.3, 0.4) is 0 Å². The van der Waals surface area contributed by atoms with Gasteiger partial charge >= 0.3 is 0 Å². The lowest BCUT2D eigenvalue weighted by atomic mass is 9.91. The first-order valence-electron chi connectivity index (χ1n) is 11.8. The Hall–Kier alpha value is -3.98. The van der Waals surface area contributed by atoms with Gasteiger partial charge in [0.25, 0.3) is 5.91 Å². The Bertz CT molecular complexity index is 1350. The second-order valence-corrected chi connectivity index (χ2v) is 8.96. The molecule has 2 aromatic heterocycles. The SMILES string of the molecule is NC(=O)c1cc(F)c(NC2CCCCC2N)nc1Nc1ccc2c(cnn2Cc2ccccc2)c1. The molecule has 0 spiro atoms. The third kappa shape index (κ3) is 4.95. The standard InChI is InChI=1S/C26H28FN7O/c27-20-13-19(24(29)35)25(33-26(20)32-22-9-5-4-8-21(22)28)31-18-10-11-23-17(12-18)14-30-34(23)15-16-6-2-1-3-7-16/h1-3,6-7,10-14,21-22H,4-5,8-9,15,28H2,(H2,29,35)(H2,31,32,33). The number of nitrogens with zero attached hydrogens (tertiary/aromatic N) is 3. The molecular formula is C26H28FN7O. The molecule has 35 heavy (non-hydrogen) atoms. The van der Waals surface area contributed by atoms with Gasteiger partial charge in [-0.2, -0.15) is 5.10 Å². The lowest BCUT2D eigenvalue weighted by Crippen LogP contribution is -2.43. The molecule has 5 rings (SSSR count). The van der Waals surface area contributed by atoms with Crippen LogP contribution in [0.15, 0.2) is 60.8 Å². The highest BCUT2D eigenvalue weighted by Crippen LogP contribution is 2.28. The number of benzene rings is 2. The van der Waals surface area contributed by atoms with Gasteiger partial charge in [-0.25, -0.2) is 9.37 Å². The number of hydrogen-bond donors (Lipinski definition) is 4. The maximum atomic E-state index is 14.8. The number of nitrogens with two attached hydrogens (primary N) is 2. The Kier molecular flexibility index (Phi) is 6.33. The van der Waals surface area contributed by atoms with E-state index in [-0.39, 0.29) is 29.3 Å². The van der Waals surface area contributed by atoms with E-state index in [0.29, 0.717) is 12.2 Å². The summed E-state index contributed by atoms with van der Waals surface area (Å²) in [7, 11) is 0. The summed E-state index contributed by atoms with van der Waals surface area (Å²) in [4.78, 5) is 16.4. The van der Waals surface area contributed by atoms with E-state index in [1.807, 2.05) is 41.1 Å². The van der Waals surface area contributed by atoms with E-state index in [0.717, 1.165) is 48.2 Å². The number of nitrogens with one attached hydrogen (secondary N) is 2. The van der Waals surface area contributed by atoms with Crippen molar-refractivity contribution in [2.24, 2.45) is 11.5 Å². The number of aromatic nitrogens is 3. The van der Waals surface area contributed by atoms with Gasteiger partial charge in [-0.1, -0.05) is 43.2 Å². The lowest BCUT2D eigenvalue weighted by Gasteiger charge is -2.30. The fraction of sp³-hybridized carbons (Fsp3) is 0.269. The Morgan fingerprint density at radius 2 is 1.89 bits per heavy atom. The van der Waals surface area contributed by atoms with Crippen LogP contribution in [-0.4, -0.2) is 32.8 Å². The average molecular weight is 474 g/mol. The third-order valence-corrected chi connectivity index (χ3v) is 6.46. The second-order valence-electron chi connectivity index (χ2n) is 8.96. The van der Waals surface area contributed by atoms with Gasteiger partial charge in [0.05, 0.1) is 23.8 Å². The number of pyridine rings is 1. The van der Waals surface area contributed by atoms with E-state index in [1.54, 1.807) is 6.20 Å². The molecule has 2 unspecified atom stereocenters. The number of hydrogen-bond acceptors (Lipinski definition) is 6. The molecule has 2 atom stereocenters. The zero-order valence-corrected chi connectivity index (χ0v) is 19.2. The molecule has 2 aromatic carbocycles. The number of carbonyl (C=O) groups excluding carboxylic acids is 1. The predicted octanol–water partition coefficient (Wildman–Crippen LogP) is 4.14. The number of amides is 1. The highest BCUT2D eigenvalue weighted by Gasteiger charge is 2.24. The van der Waals surface area contributed by atoms with Crippen LogP contribution in [0.25, 0.3) is 10.9 Å². The average Bonchev–Trinajstić information content (AvgIpc) is 3.24. The van der Waals surface area contributed by atoms with Crippen LogP contribution in [0, 0.1) is 5.82 Å². The van der Waals surface area contributed by atoms with Crippen LogP contribution in [0.5, 0.6) is 0 Å². The van der Waals surface area contributed by atoms with E-state index < -0.39 is 11.7 Å². The fourth-order valence-electron chi connectivity index (χ4n) is 4.57. The van der Waals surface area contributed by atoms with Crippen molar-refractivity contribution >= 4 is 34.1 Å². The zero-order chi connectivity index (χ0) is 24.4. The smallest absolute Gasteiger partial charge is 0.252 e. The lowest BCUT2D eigenvalue weighted by molar-refractivity contribution is 0.100. The minimum atomic E-state index is -0.767. The number of halogens is 1. The first-order chi connectivity index (χ1) is 17.0. The first kappa shape index (κ1) is 22.8. The molecule has 1 amide bonds. The molecule has 6 N–H and O–H groups in total. The largest absolute Gasteiger partial charge is 0.365 e. The van der Waals surface area contributed by atoms with E-state index in [1.165, 1.54) is 0 Å². The summed E-state index contributed by atoms with van der Waals surface area (Å²) in [5.74, 6) is -1.17. The number of fused-ring (bicyclic) bond motifs is 1. The van der Waals surface area contributed by atoms with Crippen molar-refractivity contribution in [1.82, 2.24) is 14.8 Å². The van der Waals surface area contributed by atoms with Crippen molar-refractivity contribution in [3.63, 3.8) is 0 Å². The van der Waals surface area contributed by atoms with Gasteiger partial charge < -0.3 is 22.1 Å². The Balaban J connectivity index is 1.42. The van der Waals surface area contributed by atoms with Gasteiger partial charge in [-0.05, 0) is 42.7 Å². The van der Waals surface area contributed by atoms with Crippen LogP contribution in [-0.2, 0) is 6.54 Å². The maximum absolute atomic E-state index is 14.8. The number of carbonyl (C=O) groups is 1. The van der Waals surface area contributed by atoms with Gasteiger partial charge in [0.15, 0.2) is 11.6 Å². The van der Waals surface area contributed by atoms with E-state index >= 15 is 0 Å². The summed E-state index contributed by atoms with van der Waals surface area (Å²) in [5.41, 5.74) is 14.5. The molecule has 2 heterocycles. The summed E-state index contributed by atoms with van der Waals surface area (Å²) in [6.45, 7) is 0.654. The Morgan fingerprint density at radius 1 is 1.09 bits per heavy atom. The number of primary amides is 1. The molecular weight excluding hydrogens is 445 g/mol. The maximum Gasteiger partial charge on any atom is 0.252 e. The van der Waals surface area contributed by atoms with Crippen LogP contribution < -0.4 is 22.1 Å². The highest BCUT2D eigenvalue weighted by atomic mass is 19.1. The molecule has 0 radical (unpaired) electrons. The number of anilines is 3. The quantitative estimate of drug-likeness (QED) is 0.320. The van der Waals surface area contributed by atoms with Crippen molar-refractivity contribution in [2.45, 2.75) is 44.3 Å². The second kappa shape index (κ2) is 9.71. The molecule has 0 aliphatic heterocycles. The predicted molar refractivity (Wildman–Crippen MR) is 135 cm³/mol. The van der Waals surface area contributed by atoms with Gasteiger partial charge in [-0.3, -0.25) is 9.48 Å². The van der Waals surface area contributed by atoms with Crippen molar-refractivity contribution in [3.05, 3.63) is 77.7 Å². The van der Waals surface area contributed by atoms with Gasteiger partial charge in [0.2, 0.25) is 0 Å². The summed E-state index contributed by atoms with van der Waals surface area (Å²) in [6.07, 6.45) is 5.59. The van der Waals surface area contributed by atoms with Crippen LogP contribution in [0.1, 0.15) is 41.6 Å². The van der Waals surface area contributed by atoms with Crippen LogP contribution in [0.2, 0.25) is 0 Å².